The average Bonchev–Trinajstić information content (AvgIpc) is 3.02. The summed E-state index contributed by atoms with van der Waals surface area (Å²) in [6, 6.07) is 7.77. The van der Waals surface area contributed by atoms with Crippen LogP contribution >= 0.6 is 11.3 Å². The van der Waals surface area contributed by atoms with Gasteiger partial charge < -0.3 is 10.1 Å². The predicted octanol–water partition coefficient (Wildman–Crippen LogP) is 3.62. The summed E-state index contributed by atoms with van der Waals surface area (Å²) in [6.07, 6.45) is 3.22. The van der Waals surface area contributed by atoms with E-state index in [2.05, 4.69) is 17.2 Å². The fourth-order valence-corrected chi connectivity index (χ4v) is 3.96. The number of amides is 1. The van der Waals surface area contributed by atoms with Gasteiger partial charge in [0.05, 0.1) is 16.6 Å². The number of aryl methyl sites for hydroxylation is 3. The molecule has 0 atom stereocenters. The molecule has 3 rings (SSSR count). The number of anilines is 1. The minimum atomic E-state index is -0.218. The third-order valence-corrected chi connectivity index (χ3v) is 5.69. The number of hydrogen-bond donors (Lipinski definition) is 1. The predicted molar refractivity (Wildman–Crippen MR) is 109 cm³/mol. The Kier molecular flexibility index (Phi) is 6.03. The van der Waals surface area contributed by atoms with E-state index in [1.54, 1.807) is 24.9 Å². The van der Waals surface area contributed by atoms with Crippen molar-refractivity contribution in [3.63, 3.8) is 0 Å². The Hall–Kier alpha value is -2.51. The van der Waals surface area contributed by atoms with Crippen molar-refractivity contribution in [2.24, 2.45) is 0 Å². The maximum absolute atomic E-state index is 12.8. The molecule has 1 N–H and O–H groups in total. The zero-order chi connectivity index (χ0) is 19.4. The van der Waals surface area contributed by atoms with E-state index in [0.717, 1.165) is 18.5 Å². The molecule has 1 aromatic carbocycles. The van der Waals surface area contributed by atoms with Crippen molar-refractivity contribution in [3.8, 4) is 0 Å². The van der Waals surface area contributed by atoms with Crippen LogP contribution in [0, 0.1) is 6.92 Å². The van der Waals surface area contributed by atoms with E-state index < -0.39 is 0 Å². The highest BCUT2D eigenvalue weighted by molar-refractivity contribution is 7.20. The number of carbonyl (C=O) groups excluding carboxylic acids is 1. The van der Waals surface area contributed by atoms with E-state index in [0.29, 0.717) is 33.8 Å². The van der Waals surface area contributed by atoms with Crippen molar-refractivity contribution in [1.82, 2.24) is 9.55 Å². The number of rotatable bonds is 7. The van der Waals surface area contributed by atoms with Crippen molar-refractivity contribution >= 4 is 33.1 Å². The van der Waals surface area contributed by atoms with Gasteiger partial charge in [0, 0.05) is 25.9 Å². The number of carbonyl (C=O) groups is 1. The standard InChI is InChI=1S/C20H23N3O3S/c1-4-14-6-8-15(9-7-14)22-18(24)17-13(2)16-19(27-17)21-12-23(20(16)25)10-5-11-26-3/h6-9,12H,4-5,10-11H2,1-3H3,(H,22,24). The number of benzene rings is 1. The van der Waals surface area contributed by atoms with Crippen LogP contribution in [0.5, 0.6) is 0 Å². The molecule has 0 aliphatic heterocycles. The quantitative estimate of drug-likeness (QED) is 0.631. The Morgan fingerprint density at radius 1 is 1.30 bits per heavy atom. The van der Waals surface area contributed by atoms with Gasteiger partial charge in [-0.1, -0.05) is 19.1 Å². The number of fused-ring (bicyclic) bond motifs is 1. The van der Waals surface area contributed by atoms with Crippen LogP contribution in [-0.4, -0.2) is 29.2 Å². The number of nitrogens with one attached hydrogen (secondary N) is 1. The van der Waals surface area contributed by atoms with E-state index in [1.807, 2.05) is 24.3 Å². The molecule has 0 aliphatic rings. The Balaban J connectivity index is 1.88. The van der Waals surface area contributed by atoms with Crippen molar-refractivity contribution in [3.05, 3.63) is 57.0 Å². The molecule has 142 valence electrons. The topological polar surface area (TPSA) is 73.2 Å². The normalized spacial score (nSPS) is 11.1. The van der Waals surface area contributed by atoms with E-state index >= 15 is 0 Å². The van der Waals surface area contributed by atoms with Crippen LogP contribution in [0.2, 0.25) is 0 Å². The zero-order valence-electron chi connectivity index (χ0n) is 15.7. The monoisotopic (exact) mass is 385 g/mol. The lowest BCUT2D eigenvalue weighted by molar-refractivity contribution is 0.103. The lowest BCUT2D eigenvalue weighted by atomic mass is 10.1. The van der Waals surface area contributed by atoms with Gasteiger partial charge in [-0.2, -0.15) is 0 Å². The first kappa shape index (κ1) is 19.3. The van der Waals surface area contributed by atoms with E-state index in [4.69, 9.17) is 4.74 Å². The van der Waals surface area contributed by atoms with Crippen LogP contribution in [0.4, 0.5) is 5.69 Å². The van der Waals surface area contributed by atoms with Crippen molar-refractivity contribution in [1.29, 1.82) is 0 Å². The van der Waals surface area contributed by atoms with Crippen LogP contribution in [-0.2, 0) is 17.7 Å². The molecule has 6 nitrogen and oxygen atoms in total. The molecule has 0 saturated carbocycles. The maximum Gasteiger partial charge on any atom is 0.266 e. The Morgan fingerprint density at radius 3 is 2.70 bits per heavy atom. The summed E-state index contributed by atoms with van der Waals surface area (Å²) in [5.74, 6) is -0.218. The first-order chi connectivity index (χ1) is 13.0. The molecule has 7 heteroatoms. The van der Waals surface area contributed by atoms with Crippen molar-refractivity contribution < 1.29 is 9.53 Å². The number of hydrogen-bond acceptors (Lipinski definition) is 5. The summed E-state index contributed by atoms with van der Waals surface area (Å²) >= 11 is 1.25. The van der Waals surface area contributed by atoms with Gasteiger partial charge in [-0.3, -0.25) is 14.2 Å². The summed E-state index contributed by atoms with van der Waals surface area (Å²) in [4.78, 5) is 31.0. The second-order valence-corrected chi connectivity index (χ2v) is 7.33. The van der Waals surface area contributed by atoms with Gasteiger partial charge in [-0.25, -0.2) is 4.98 Å². The maximum atomic E-state index is 12.8. The molecule has 0 fully saturated rings. The summed E-state index contributed by atoms with van der Waals surface area (Å²) in [5.41, 5.74) is 2.51. The molecule has 0 spiro atoms. The second-order valence-electron chi connectivity index (χ2n) is 6.33. The first-order valence-corrected chi connectivity index (χ1v) is 9.74. The molecule has 3 aromatic rings. The zero-order valence-corrected chi connectivity index (χ0v) is 16.6. The molecule has 0 aliphatic carbocycles. The molecule has 27 heavy (non-hydrogen) atoms. The lowest BCUT2D eigenvalue weighted by Gasteiger charge is -2.06. The smallest absolute Gasteiger partial charge is 0.266 e. The Morgan fingerprint density at radius 2 is 2.04 bits per heavy atom. The number of ether oxygens (including phenoxy) is 1. The molecule has 0 radical (unpaired) electrons. The largest absolute Gasteiger partial charge is 0.385 e. The molecular formula is C20H23N3O3S. The van der Waals surface area contributed by atoms with Gasteiger partial charge in [0.2, 0.25) is 0 Å². The van der Waals surface area contributed by atoms with Crippen LogP contribution in [0.15, 0.2) is 35.4 Å². The van der Waals surface area contributed by atoms with E-state index in [1.165, 1.54) is 16.9 Å². The van der Waals surface area contributed by atoms with Gasteiger partial charge in [0.25, 0.3) is 11.5 Å². The van der Waals surface area contributed by atoms with Crippen LogP contribution < -0.4 is 10.9 Å². The summed E-state index contributed by atoms with van der Waals surface area (Å²) in [7, 11) is 1.63. The molecule has 1 amide bonds. The SMILES string of the molecule is CCc1ccc(NC(=O)c2sc3ncn(CCCOC)c(=O)c3c2C)cc1. The minimum absolute atomic E-state index is 0.115. The van der Waals surface area contributed by atoms with Gasteiger partial charge in [0.1, 0.15) is 4.83 Å². The van der Waals surface area contributed by atoms with Crippen LogP contribution in [0.1, 0.15) is 34.1 Å². The third kappa shape index (κ3) is 4.09. The number of aromatic nitrogens is 2. The second kappa shape index (κ2) is 8.45. The minimum Gasteiger partial charge on any atom is -0.385 e. The average molecular weight is 385 g/mol. The highest BCUT2D eigenvalue weighted by Crippen LogP contribution is 2.27. The van der Waals surface area contributed by atoms with Crippen LogP contribution in [0.3, 0.4) is 0 Å². The van der Waals surface area contributed by atoms with Gasteiger partial charge in [-0.15, -0.1) is 11.3 Å². The van der Waals surface area contributed by atoms with Gasteiger partial charge in [-0.05, 0) is 43.0 Å². The van der Waals surface area contributed by atoms with Crippen LogP contribution in [0.25, 0.3) is 10.2 Å². The van der Waals surface area contributed by atoms with Gasteiger partial charge >= 0.3 is 0 Å². The molecule has 2 aromatic heterocycles. The number of thiophene rings is 1. The molecule has 2 heterocycles. The van der Waals surface area contributed by atoms with Crippen molar-refractivity contribution in [2.45, 2.75) is 33.2 Å². The lowest BCUT2D eigenvalue weighted by Crippen LogP contribution is -2.21. The molecule has 0 bridgehead atoms. The van der Waals surface area contributed by atoms with Crippen molar-refractivity contribution in [2.75, 3.05) is 19.0 Å². The third-order valence-electron chi connectivity index (χ3n) is 4.49. The highest BCUT2D eigenvalue weighted by atomic mass is 32.1. The molecule has 0 saturated heterocycles. The molecular weight excluding hydrogens is 362 g/mol. The summed E-state index contributed by atoms with van der Waals surface area (Å²) in [5, 5.41) is 3.43. The summed E-state index contributed by atoms with van der Waals surface area (Å²) in [6.45, 7) is 5.01. The number of nitrogens with zero attached hydrogens (tertiary/aromatic N) is 2. The first-order valence-electron chi connectivity index (χ1n) is 8.93. The Bertz CT molecular complexity index is 1010. The fraction of sp³-hybridized carbons (Fsp3) is 0.350. The molecule has 0 unspecified atom stereocenters. The highest BCUT2D eigenvalue weighted by Gasteiger charge is 2.19. The van der Waals surface area contributed by atoms with E-state index in [9.17, 15) is 9.59 Å². The van der Waals surface area contributed by atoms with Gasteiger partial charge in [0.15, 0.2) is 0 Å². The Labute approximate surface area is 161 Å². The number of methoxy groups -OCH3 is 1. The summed E-state index contributed by atoms with van der Waals surface area (Å²) < 4.78 is 6.61. The fourth-order valence-electron chi connectivity index (χ4n) is 2.93. The van der Waals surface area contributed by atoms with E-state index in [-0.39, 0.29) is 11.5 Å².